The highest BCUT2D eigenvalue weighted by Crippen LogP contribution is 2.28. The van der Waals surface area contributed by atoms with E-state index in [0.29, 0.717) is 11.3 Å². The minimum absolute atomic E-state index is 0.0743. The van der Waals surface area contributed by atoms with Gasteiger partial charge in [-0.2, -0.15) is 0 Å². The largest absolute Gasteiger partial charge is 0.468 e. The van der Waals surface area contributed by atoms with Gasteiger partial charge in [-0.05, 0) is 54.6 Å². The Morgan fingerprint density at radius 3 is 2.86 bits per heavy atom. The smallest absolute Gasteiger partial charge is 0.258 e. The SMILES string of the molecule is CC1(C)NC(=O)c2cc(I)ccc2O1. The van der Waals surface area contributed by atoms with Crippen LogP contribution in [0.4, 0.5) is 0 Å². The van der Waals surface area contributed by atoms with Crippen LogP contribution in [0, 0.1) is 3.57 Å². The van der Waals surface area contributed by atoms with Crippen LogP contribution in [0.5, 0.6) is 5.75 Å². The van der Waals surface area contributed by atoms with Crippen molar-refractivity contribution in [3.63, 3.8) is 0 Å². The molecule has 0 aliphatic carbocycles. The van der Waals surface area contributed by atoms with Crippen LogP contribution in [-0.2, 0) is 0 Å². The van der Waals surface area contributed by atoms with Gasteiger partial charge in [-0.15, -0.1) is 0 Å². The molecule has 14 heavy (non-hydrogen) atoms. The fraction of sp³-hybridized carbons (Fsp3) is 0.300. The first-order valence-corrected chi connectivity index (χ1v) is 5.37. The fourth-order valence-electron chi connectivity index (χ4n) is 1.41. The molecule has 0 saturated carbocycles. The second-order valence-electron chi connectivity index (χ2n) is 3.71. The van der Waals surface area contributed by atoms with Crippen molar-refractivity contribution in [3.05, 3.63) is 27.3 Å². The lowest BCUT2D eigenvalue weighted by Crippen LogP contribution is -2.51. The van der Waals surface area contributed by atoms with E-state index in [0.717, 1.165) is 3.57 Å². The van der Waals surface area contributed by atoms with Crippen molar-refractivity contribution in [1.29, 1.82) is 0 Å². The molecule has 0 bridgehead atoms. The molecule has 1 heterocycles. The summed E-state index contributed by atoms with van der Waals surface area (Å²) in [7, 11) is 0. The minimum atomic E-state index is -0.614. The number of carbonyl (C=O) groups excluding carboxylic acids is 1. The van der Waals surface area contributed by atoms with E-state index < -0.39 is 5.72 Å². The topological polar surface area (TPSA) is 38.3 Å². The number of halogens is 1. The Kier molecular flexibility index (Phi) is 2.17. The van der Waals surface area contributed by atoms with Crippen LogP contribution in [-0.4, -0.2) is 11.6 Å². The summed E-state index contributed by atoms with van der Waals surface area (Å²) < 4.78 is 6.64. The summed E-state index contributed by atoms with van der Waals surface area (Å²) in [4.78, 5) is 11.7. The number of carbonyl (C=O) groups is 1. The molecule has 0 unspecified atom stereocenters. The molecular formula is C10H10INO2. The number of hydrogen-bond acceptors (Lipinski definition) is 2. The Labute approximate surface area is 96.0 Å². The van der Waals surface area contributed by atoms with E-state index in [1.54, 1.807) is 0 Å². The lowest BCUT2D eigenvalue weighted by atomic mass is 10.1. The summed E-state index contributed by atoms with van der Waals surface area (Å²) in [5, 5.41) is 2.77. The Balaban J connectivity index is 2.50. The Bertz CT molecular complexity index is 401. The maximum Gasteiger partial charge on any atom is 0.258 e. The zero-order valence-electron chi connectivity index (χ0n) is 7.93. The highest BCUT2D eigenvalue weighted by Gasteiger charge is 2.31. The van der Waals surface area contributed by atoms with E-state index in [2.05, 4.69) is 27.9 Å². The zero-order chi connectivity index (χ0) is 10.3. The molecule has 0 saturated heterocycles. The zero-order valence-corrected chi connectivity index (χ0v) is 10.1. The molecule has 1 aliphatic heterocycles. The number of amides is 1. The standard InChI is InChI=1S/C10H10INO2/c1-10(2)12-9(13)7-5-6(11)3-4-8(7)14-10/h3-5H,1-2H3,(H,12,13). The quantitative estimate of drug-likeness (QED) is 0.746. The average Bonchev–Trinajstić information content (AvgIpc) is 2.05. The van der Waals surface area contributed by atoms with E-state index in [1.807, 2.05) is 32.0 Å². The Hall–Kier alpha value is -0.780. The number of hydrogen-bond donors (Lipinski definition) is 1. The maximum atomic E-state index is 11.7. The van der Waals surface area contributed by atoms with Gasteiger partial charge in [0.05, 0.1) is 5.56 Å². The van der Waals surface area contributed by atoms with Gasteiger partial charge in [0.2, 0.25) is 0 Å². The molecule has 0 aromatic heterocycles. The minimum Gasteiger partial charge on any atom is -0.468 e. The van der Waals surface area contributed by atoms with Crippen molar-refractivity contribution >= 4 is 28.5 Å². The third-order valence-corrected chi connectivity index (χ3v) is 2.64. The summed E-state index contributed by atoms with van der Waals surface area (Å²) in [6.07, 6.45) is 0. The normalized spacial score (nSPS) is 18.1. The van der Waals surface area contributed by atoms with Crippen LogP contribution < -0.4 is 10.1 Å². The van der Waals surface area contributed by atoms with Gasteiger partial charge in [-0.25, -0.2) is 0 Å². The first-order valence-electron chi connectivity index (χ1n) is 4.29. The van der Waals surface area contributed by atoms with Gasteiger partial charge >= 0.3 is 0 Å². The number of fused-ring (bicyclic) bond motifs is 1. The van der Waals surface area contributed by atoms with Crippen molar-refractivity contribution in [2.75, 3.05) is 0 Å². The van der Waals surface area contributed by atoms with Gasteiger partial charge < -0.3 is 10.1 Å². The van der Waals surface area contributed by atoms with E-state index in [-0.39, 0.29) is 5.91 Å². The monoisotopic (exact) mass is 303 g/mol. The number of benzene rings is 1. The van der Waals surface area contributed by atoms with Gasteiger partial charge in [0.1, 0.15) is 5.75 Å². The third kappa shape index (κ3) is 1.70. The highest BCUT2D eigenvalue weighted by molar-refractivity contribution is 14.1. The molecule has 4 heteroatoms. The molecule has 1 aromatic rings. The van der Waals surface area contributed by atoms with Crippen molar-refractivity contribution < 1.29 is 9.53 Å². The van der Waals surface area contributed by atoms with Crippen molar-refractivity contribution in [2.24, 2.45) is 0 Å². The predicted molar refractivity (Wildman–Crippen MR) is 61.3 cm³/mol. The van der Waals surface area contributed by atoms with Gasteiger partial charge in [-0.3, -0.25) is 4.79 Å². The Morgan fingerprint density at radius 1 is 1.43 bits per heavy atom. The van der Waals surface area contributed by atoms with E-state index in [9.17, 15) is 4.79 Å². The summed E-state index contributed by atoms with van der Waals surface area (Å²) in [6.45, 7) is 3.65. The third-order valence-electron chi connectivity index (χ3n) is 1.97. The molecule has 0 radical (unpaired) electrons. The molecule has 1 aromatic carbocycles. The van der Waals surface area contributed by atoms with E-state index in [4.69, 9.17) is 4.74 Å². The number of rotatable bonds is 0. The molecule has 0 fully saturated rings. The lowest BCUT2D eigenvalue weighted by molar-refractivity contribution is 0.0432. The fourth-order valence-corrected chi connectivity index (χ4v) is 1.90. The molecule has 0 spiro atoms. The van der Waals surface area contributed by atoms with Crippen molar-refractivity contribution in [1.82, 2.24) is 5.32 Å². The molecule has 2 rings (SSSR count). The van der Waals surface area contributed by atoms with Crippen LogP contribution in [0.2, 0.25) is 0 Å². The molecule has 1 aliphatic rings. The molecule has 1 N–H and O–H groups in total. The second kappa shape index (κ2) is 3.12. The summed E-state index contributed by atoms with van der Waals surface area (Å²) in [5.41, 5.74) is -0.00660. The molecular weight excluding hydrogens is 293 g/mol. The lowest BCUT2D eigenvalue weighted by Gasteiger charge is -2.33. The van der Waals surface area contributed by atoms with Crippen molar-refractivity contribution in [3.8, 4) is 5.75 Å². The van der Waals surface area contributed by atoms with Crippen LogP contribution in [0.25, 0.3) is 0 Å². The summed E-state index contributed by atoms with van der Waals surface area (Å²) in [6, 6.07) is 5.58. The average molecular weight is 303 g/mol. The van der Waals surface area contributed by atoms with Crippen molar-refractivity contribution in [2.45, 2.75) is 19.6 Å². The highest BCUT2D eigenvalue weighted by atomic mass is 127. The predicted octanol–water partition coefficient (Wildman–Crippen LogP) is 2.15. The van der Waals surface area contributed by atoms with Crippen LogP contribution >= 0.6 is 22.6 Å². The summed E-state index contributed by atoms with van der Waals surface area (Å²) >= 11 is 2.17. The van der Waals surface area contributed by atoms with E-state index in [1.165, 1.54) is 0 Å². The molecule has 3 nitrogen and oxygen atoms in total. The van der Waals surface area contributed by atoms with Crippen LogP contribution in [0.1, 0.15) is 24.2 Å². The molecule has 74 valence electrons. The number of ether oxygens (including phenoxy) is 1. The maximum absolute atomic E-state index is 11.7. The van der Waals surface area contributed by atoms with Gasteiger partial charge in [-0.1, -0.05) is 0 Å². The second-order valence-corrected chi connectivity index (χ2v) is 4.95. The van der Waals surface area contributed by atoms with Gasteiger partial charge in [0.15, 0.2) is 5.72 Å². The molecule has 0 atom stereocenters. The van der Waals surface area contributed by atoms with Crippen LogP contribution in [0.15, 0.2) is 18.2 Å². The van der Waals surface area contributed by atoms with E-state index >= 15 is 0 Å². The first-order chi connectivity index (χ1) is 6.48. The molecule has 1 amide bonds. The Morgan fingerprint density at radius 2 is 2.14 bits per heavy atom. The first kappa shape index (κ1) is 9.76. The van der Waals surface area contributed by atoms with Gasteiger partial charge in [0.25, 0.3) is 5.91 Å². The van der Waals surface area contributed by atoms with Gasteiger partial charge in [0, 0.05) is 3.57 Å². The summed E-state index contributed by atoms with van der Waals surface area (Å²) in [5.74, 6) is 0.578. The van der Waals surface area contributed by atoms with Crippen LogP contribution in [0.3, 0.4) is 0 Å². The number of nitrogens with one attached hydrogen (secondary N) is 1.